The van der Waals surface area contributed by atoms with Gasteiger partial charge in [-0.05, 0) is 47.9 Å². The van der Waals surface area contributed by atoms with Gasteiger partial charge in [0, 0.05) is 11.4 Å². The van der Waals surface area contributed by atoms with Crippen molar-refractivity contribution in [3.05, 3.63) is 64.8 Å². The Balaban J connectivity index is 1.42. The number of fused-ring (bicyclic) bond motifs is 1. The fourth-order valence-corrected chi connectivity index (χ4v) is 2.96. The van der Waals surface area contributed by atoms with Crippen LogP contribution in [0.1, 0.15) is 11.1 Å². The van der Waals surface area contributed by atoms with Gasteiger partial charge in [0.2, 0.25) is 0 Å². The number of carbonyl (C=O) groups excluding carboxylic acids is 1. The second-order valence-corrected chi connectivity index (χ2v) is 6.22. The van der Waals surface area contributed by atoms with Crippen LogP contribution < -0.4 is 9.47 Å². The number of aromatic amines is 1. The van der Waals surface area contributed by atoms with Crippen LogP contribution >= 0.6 is 0 Å². The Kier molecular flexibility index (Phi) is 4.61. The first-order valence-corrected chi connectivity index (χ1v) is 8.43. The second-order valence-electron chi connectivity index (χ2n) is 6.22. The van der Waals surface area contributed by atoms with Crippen LogP contribution in [0.2, 0.25) is 0 Å². The summed E-state index contributed by atoms with van der Waals surface area (Å²) in [6.45, 7) is 0.532. The van der Waals surface area contributed by atoms with Gasteiger partial charge >= 0.3 is 0 Å². The zero-order valence-electron chi connectivity index (χ0n) is 14.3. The van der Waals surface area contributed by atoms with E-state index < -0.39 is 11.8 Å². The third-order valence-electron chi connectivity index (χ3n) is 4.39. The molecule has 1 unspecified atom stereocenters. The first-order chi connectivity index (χ1) is 13.2. The highest BCUT2D eigenvalue weighted by Crippen LogP contribution is 2.29. The largest absolute Gasteiger partial charge is 0.492 e. The Morgan fingerprint density at radius 2 is 2.22 bits per heavy atom. The second kappa shape index (κ2) is 7.36. The van der Waals surface area contributed by atoms with E-state index >= 15 is 0 Å². The number of hydrogen-bond acceptors (Lipinski definition) is 6. The van der Waals surface area contributed by atoms with E-state index in [1.165, 1.54) is 0 Å². The van der Waals surface area contributed by atoms with Crippen molar-refractivity contribution in [1.82, 2.24) is 15.2 Å². The molecular formula is C19H16N4O4. The zero-order valence-corrected chi connectivity index (χ0v) is 14.3. The van der Waals surface area contributed by atoms with Crippen LogP contribution in [0.3, 0.4) is 0 Å². The molecule has 3 aromatic rings. The summed E-state index contributed by atoms with van der Waals surface area (Å²) in [5.41, 5.74) is 3.43. The highest BCUT2D eigenvalue weighted by molar-refractivity contribution is 5.80. The minimum Gasteiger partial charge on any atom is -0.492 e. The van der Waals surface area contributed by atoms with Crippen molar-refractivity contribution in [3.8, 4) is 22.9 Å². The number of benzene rings is 1. The van der Waals surface area contributed by atoms with Crippen LogP contribution in [0.4, 0.5) is 0 Å². The molecule has 0 bridgehead atoms. The van der Waals surface area contributed by atoms with Gasteiger partial charge in [0.1, 0.15) is 24.7 Å². The molecule has 1 atom stereocenters. The third kappa shape index (κ3) is 3.69. The summed E-state index contributed by atoms with van der Waals surface area (Å²) < 4.78 is 11.3. The summed E-state index contributed by atoms with van der Waals surface area (Å²) in [5, 5.41) is 9.27. The number of rotatable bonds is 5. The summed E-state index contributed by atoms with van der Waals surface area (Å²) in [6, 6.07) is 11.2. The maximum absolute atomic E-state index is 11.5. The molecule has 2 aromatic heterocycles. The van der Waals surface area contributed by atoms with E-state index in [9.17, 15) is 9.70 Å². The molecule has 1 aromatic carbocycles. The molecule has 4 rings (SSSR count). The van der Waals surface area contributed by atoms with Gasteiger partial charge in [0.15, 0.2) is 0 Å². The first-order valence-electron chi connectivity index (χ1n) is 8.43. The Morgan fingerprint density at radius 3 is 2.96 bits per heavy atom. The fourth-order valence-electron chi connectivity index (χ4n) is 2.96. The van der Waals surface area contributed by atoms with E-state index in [0.29, 0.717) is 18.8 Å². The minimum absolute atomic E-state index is 0.182. The Morgan fingerprint density at radius 1 is 1.30 bits per heavy atom. The average Bonchev–Trinajstić information content (AvgIpc) is 3.26. The van der Waals surface area contributed by atoms with Gasteiger partial charge in [-0.2, -0.15) is 5.10 Å². The molecular weight excluding hydrogens is 348 g/mol. The van der Waals surface area contributed by atoms with E-state index in [1.54, 1.807) is 12.4 Å². The van der Waals surface area contributed by atoms with E-state index in [2.05, 4.69) is 20.4 Å². The Bertz CT molecular complexity index is 954. The van der Waals surface area contributed by atoms with Gasteiger partial charge in [0.25, 0.3) is 5.91 Å². The number of ether oxygens (including phenoxy) is 2. The van der Waals surface area contributed by atoms with Crippen LogP contribution in [0, 0.1) is 10.8 Å². The molecule has 0 saturated heterocycles. The highest BCUT2D eigenvalue weighted by Gasteiger charge is 2.26. The van der Waals surface area contributed by atoms with Crippen LogP contribution in [0.25, 0.3) is 11.4 Å². The number of nitrogens with zero attached hydrogens (tertiary/aromatic N) is 3. The molecule has 1 amide bonds. The summed E-state index contributed by atoms with van der Waals surface area (Å²) in [6.07, 6.45) is 3.76. The number of nitrogens with one attached hydrogen (secondary N) is 1. The molecule has 1 N–H and O–H groups in total. The lowest BCUT2D eigenvalue weighted by atomic mass is 9.95. The summed E-state index contributed by atoms with van der Waals surface area (Å²) in [5.74, 6) is 0.167. The predicted octanol–water partition coefficient (Wildman–Crippen LogP) is 2.89. The standard InChI is InChI=1S/C19H16N4O4/c24-19(23-25)14-8-13-7-12(1-4-18(13)27-11-14)10-26-15-2-3-16(20-9-15)17-5-6-21-22-17/h1-7,9,14H,8,10-11H2,(H,21,22). The monoisotopic (exact) mass is 364 g/mol. The van der Waals surface area contributed by atoms with E-state index in [1.807, 2.05) is 36.4 Å². The van der Waals surface area contributed by atoms with Crippen molar-refractivity contribution >= 4 is 5.91 Å². The molecule has 0 fully saturated rings. The van der Waals surface area contributed by atoms with E-state index in [-0.39, 0.29) is 6.61 Å². The topological polar surface area (TPSA) is 107 Å². The number of H-pyrrole nitrogens is 1. The number of nitroso groups, excluding NO2 is 1. The van der Waals surface area contributed by atoms with Crippen molar-refractivity contribution in [1.29, 1.82) is 0 Å². The quantitative estimate of drug-likeness (QED) is 0.698. The van der Waals surface area contributed by atoms with Crippen LogP contribution in [-0.4, -0.2) is 27.7 Å². The number of amides is 1. The molecule has 1 aliphatic rings. The fraction of sp³-hybridized carbons (Fsp3) is 0.211. The lowest BCUT2D eigenvalue weighted by molar-refractivity contribution is -0.122. The molecule has 8 heteroatoms. The number of carbonyl (C=O) groups is 1. The van der Waals surface area contributed by atoms with Crippen LogP contribution in [-0.2, 0) is 17.8 Å². The molecule has 1 aliphatic heterocycles. The molecule has 8 nitrogen and oxygen atoms in total. The number of pyridine rings is 1. The zero-order chi connectivity index (χ0) is 18.6. The maximum atomic E-state index is 11.5. The maximum Gasteiger partial charge on any atom is 0.293 e. The van der Waals surface area contributed by atoms with E-state index in [4.69, 9.17) is 9.47 Å². The molecule has 3 heterocycles. The van der Waals surface area contributed by atoms with Gasteiger partial charge in [-0.25, -0.2) is 0 Å². The average molecular weight is 364 g/mol. The molecule has 136 valence electrons. The van der Waals surface area contributed by atoms with Gasteiger partial charge < -0.3 is 9.47 Å². The smallest absolute Gasteiger partial charge is 0.293 e. The molecule has 0 spiro atoms. The number of aromatic nitrogens is 3. The minimum atomic E-state index is -0.675. The Labute approximate surface area is 154 Å². The first kappa shape index (κ1) is 16.9. The Hall–Kier alpha value is -3.55. The normalized spacial score (nSPS) is 15.5. The molecule has 27 heavy (non-hydrogen) atoms. The molecule has 0 saturated carbocycles. The predicted molar refractivity (Wildman–Crippen MR) is 96.1 cm³/mol. The van der Waals surface area contributed by atoms with Crippen molar-refractivity contribution in [2.75, 3.05) is 6.61 Å². The van der Waals surface area contributed by atoms with Gasteiger partial charge in [-0.15, -0.1) is 4.91 Å². The number of hydrogen-bond donors (Lipinski definition) is 1. The van der Waals surface area contributed by atoms with Gasteiger partial charge in [-0.1, -0.05) is 6.07 Å². The highest BCUT2D eigenvalue weighted by atomic mass is 16.5. The van der Waals surface area contributed by atoms with Crippen LogP contribution in [0.15, 0.2) is 54.0 Å². The van der Waals surface area contributed by atoms with Crippen molar-refractivity contribution in [3.63, 3.8) is 0 Å². The summed E-state index contributed by atoms with van der Waals surface area (Å²) in [7, 11) is 0. The summed E-state index contributed by atoms with van der Waals surface area (Å²) >= 11 is 0. The van der Waals surface area contributed by atoms with Crippen molar-refractivity contribution in [2.24, 2.45) is 11.1 Å². The third-order valence-corrected chi connectivity index (χ3v) is 4.39. The molecule has 0 aliphatic carbocycles. The van der Waals surface area contributed by atoms with Crippen molar-refractivity contribution < 1.29 is 14.3 Å². The van der Waals surface area contributed by atoms with Crippen molar-refractivity contribution in [2.45, 2.75) is 13.0 Å². The summed E-state index contributed by atoms with van der Waals surface area (Å²) in [4.78, 5) is 26.3. The van der Waals surface area contributed by atoms with Gasteiger partial charge in [-0.3, -0.25) is 14.9 Å². The molecule has 0 radical (unpaired) electrons. The SMILES string of the molecule is O=NC(=O)C1COc2ccc(COc3ccc(-c4ccn[nH]4)nc3)cc2C1. The van der Waals surface area contributed by atoms with E-state index in [0.717, 1.165) is 28.3 Å². The van der Waals surface area contributed by atoms with Crippen LogP contribution in [0.5, 0.6) is 11.5 Å². The lowest BCUT2D eigenvalue weighted by Gasteiger charge is -2.23. The lowest BCUT2D eigenvalue weighted by Crippen LogP contribution is -2.27. The van der Waals surface area contributed by atoms with Gasteiger partial charge in [0.05, 0.1) is 23.5 Å².